The summed E-state index contributed by atoms with van der Waals surface area (Å²) in [6.45, 7) is -0.0814. The van der Waals surface area contributed by atoms with Crippen LogP contribution in [0.25, 0.3) is 11.6 Å². The third-order valence-electron chi connectivity index (χ3n) is 3.44. The maximum atomic E-state index is 9.21. The molecule has 3 rings (SSSR count). The highest BCUT2D eigenvalue weighted by Gasteiger charge is 2.13. The number of fused-ring (bicyclic) bond motifs is 1. The molecule has 0 spiro atoms. The van der Waals surface area contributed by atoms with E-state index < -0.39 is 0 Å². The van der Waals surface area contributed by atoms with E-state index in [1.54, 1.807) is 6.07 Å². The van der Waals surface area contributed by atoms with E-state index in [2.05, 4.69) is 29.3 Å². The number of nitrogens with two attached hydrogens (primary N) is 1. The molecule has 3 heteroatoms. The average Bonchev–Trinajstić information content (AvgIpc) is 2.46. The number of allylic oxidation sites excluding steroid dienone is 1. The molecule has 0 bridgehead atoms. The van der Waals surface area contributed by atoms with Gasteiger partial charge in [-0.05, 0) is 47.8 Å². The van der Waals surface area contributed by atoms with Crippen LogP contribution in [0, 0.1) is 0 Å². The lowest BCUT2D eigenvalue weighted by molar-refractivity contribution is 0.277. The lowest BCUT2D eigenvalue weighted by Gasteiger charge is -2.16. The number of rotatable bonds is 2. The first-order valence-electron chi connectivity index (χ1n) is 6.42. The van der Waals surface area contributed by atoms with Crippen molar-refractivity contribution >= 4 is 17.3 Å². The van der Waals surface area contributed by atoms with Crippen molar-refractivity contribution in [2.75, 3.05) is 5.73 Å². The molecule has 1 heterocycles. The average molecular weight is 252 g/mol. The molecule has 96 valence electrons. The van der Waals surface area contributed by atoms with Crippen molar-refractivity contribution in [2.24, 2.45) is 0 Å². The van der Waals surface area contributed by atoms with Gasteiger partial charge in [0.25, 0.3) is 0 Å². The molecule has 0 atom stereocenters. The largest absolute Gasteiger partial charge is 0.399 e. The number of aliphatic hydroxyl groups is 1. The fourth-order valence-corrected chi connectivity index (χ4v) is 2.49. The number of hydrogen-bond donors (Lipinski definition) is 2. The number of nitrogens with zero attached hydrogens (tertiary/aromatic N) is 1. The van der Waals surface area contributed by atoms with Gasteiger partial charge in [0.2, 0.25) is 0 Å². The summed E-state index contributed by atoms with van der Waals surface area (Å²) in [6, 6.07) is 12.0. The molecule has 3 N–H and O–H groups in total. The van der Waals surface area contributed by atoms with Crippen LogP contribution >= 0.6 is 0 Å². The Kier molecular flexibility index (Phi) is 3.05. The third kappa shape index (κ3) is 2.37. The highest BCUT2D eigenvalue weighted by Crippen LogP contribution is 2.30. The molecule has 3 nitrogen and oxygen atoms in total. The molecular weight excluding hydrogens is 236 g/mol. The second-order valence-corrected chi connectivity index (χ2v) is 4.80. The van der Waals surface area contributed by atoms with E-state index in [-0.39, 0.29) is 6.61 Å². The number of nitrogen functional groups attached to an aromatic ring is 1. The summed E-state index contributed by atoms with van der Waals surface area (Å²) in [5.74, 6) is 0. The standard InChI is InChI=1S/C16H16N2O/c17-14-8-15(10-19)18-16(9-14)13-6-5-11-3-1-2-4-12(11)7-13/h1-4,7-9,19H,5-6,10H2,(H2,17,18). The molecule has 2 aromatic rings. The summed E-state index contributed by atoms with van der Waals surface area (Å²) in [7, 11) is 0. The first kappa shape index (κ1) is 11.9. The van der Waals surface area contributed by atoms with Gasteiger partial charge in [-0.1, -0.05) is 24.3 Å². The van der Waals surface area contributed by atoms with Gasteiger partial charge in [0, 0.05) is 5.69 Å². The predicted molar refractivity (Wildman–Crippen MR) is 77.2 cm³/mol. The second kappa shape index (κ2) is 4.86. The van der Waals surface area contributed by atoms with E-state index in [1.165, 1.54) is 16.7 Å². The number of aryl methyl sites for hydroxylation is 1. The van der Waals surface area contributed by atoms with E-state index in [0.29, 0.717) is 11.4 Å². The maximum Gasteiger partial charge on any atom is 0.0854 e. The van der Waals surface area contributed by atoms with Crippen LogP contribution < -0.4 is 5.73 Å². The number of hydrogen-bond acceptors (Lipinski definition) is 3. The van der Waals surface area contributed by atoms with Crippen LogP contribution in [-0.2, 0) is 13.0 Å². The summed E-state index contributed by atoms with van der Waals surface area (Å²) in [6.07, 6.45) is 4.15. The van der Waals surface area contributed by atoms with Crippen molar-refractivity contribution in [2.45, 2.75) is 19.4 Å². The molecule has 1 aromatic carbocycles. The van der Waals surface area contributed by atoms with E-state index in [0.717, 1.165) is 18.5 Å². The normalized spacial score (nSPS) is 13.8. The van der Waals surface area contributed by atoms with Crippen molar-refractivity contribution in [3.63, 3.8) is 0 Å². The minimum Gasteiger partial charge on any atom is -0.399 e. The Morgan fingerprint density at radius 3 is 2.84 bits per heavy atom. The van der Waals surface area contributed by atoms with Crippen LogP contribution in [0.1, 0.15) is 28.9 Å². The van der Waals surface area contributed by atoms with Crippen molar-refractivity contribution in [3.05, 3.63) is 58.9 Å². The third-order valence-corrected chi connectivity index (χ3v) is 3.44. The Morgan fingerprint density at radius 1 is 1.16 bits per heavy atom. The topological polar surface area (TPSA) is 59.1 Å². The number of benzene rings is 1. The number of anilines is 1. The monoisotopic (exact) mass is 252 g/mol. The molecule has 0 aliphatic heterocycles. The molecule has 0 saturated heterocycles. The molecule has 19 heavy (non-hydrogen) atoms. The van der Waals surface area contributed by atoms with Gasteiger partial charge in [-0.2, -0.15) is 0 Å². The minimum absolute atomic E-state index is 0.0814. The van der Waals surface area contributed by atoms with Gasteiger partial charge in [-0.3, -0.25) is 4.98 Å². The predicted octanol–water partition coefficient (Wildman–Crippen LogP) is 2.64. The zero-order chi connectivity index (χ0) is 13.2. The molecule has 0 saturated carbocycles. The van der Waals surface area contributed by atoms with Crippen LogP contribution in [0.3, 0.4) is 0 Å². The quantitative estimate of drug-likeness (QED) is 0.863. The lowest BCUT2D eigenvalue weighted by atomic mass is 9.90. The zero-order valence-electron chi connectivity index (χ0n) is 10.6. The van der Waals surface area contributed by atoms with Crippen molar-refractivity contribution in [1.29, 1.82) is 0 Å². The van der Waals surface area contributed by atoms with Gasteiger partial charge >= 0.3 is 0 Å². The van der Waals surface area contributed by atoms with Crippen molar-refractivity contribution in [3.8, 4) is 0 Å². The van der Waals surface area contributed by atoms with E-state index in [1.807, 2.05) is 12.1 Å². The van der Waals surface area contributed by atoms with Crippen molar-refractivity contribution in [1.82, 2.24) is 4.98 Å². The number of pyridine rings is 1. The van der Waals surface area contributed by atoms with Crippen LogP contribution in [0.2, 0.25) is 0 Å². The van der Waals surface area contributed by atoms with E-state index in [9.17, 15) is 5.11 Å². The first-order chi connectivity index (χ1) is 9.26. The number of aliphatic hydroxyl groups excluding tert-OH is 1. The summed E-state index contributed by atoms with van der Waals surface area (Å²) in [4.78, 5) is 4.45. The first-order valence-corrected chi connectivity index (χ1v) is 6.42. The Bertz CT molecular complexity index is 647. The summed E-state index contributed by atoms with van der Waals surface area (Å²) < 4.78 is 0. The van der Waals surface area contributed by atoms with Gasteiger partial charge in [-0.15, -0.1) is 0 Å². The molecule has 0 radical (unpaired) electrons. The summed E-state index contributed by atoms with van der Waals surface area (Å²) >= 11 is 0. The van der Waals surface area contributed by atoms with Crippen LogP contribution in [0.5, 0.6) is 0 Å². The second-order valence-electron chi connectivity index (χ2n) is 4.80. The summed E-state index contributed by atoms with van der Waals surface area (Å²) in [5, 5.41) is 9.21. The Morgan fingerprint density at radius 2 is 2.00 bits per heavy atom. The van der Waals surface area contributed by atoms with Crippen LogP contribution in [0.4, 0.5) is 5.69 Å². The fraction of sp³-hybridized carbons (Fsp3) is 0.188. The van der Waals surface area contributed by atoms with E-state index >= 15 is 0 Å². The molecule has 0 amide bonds. The van der Waals surface area contributed by atoms with Crippen LogP contribution in [-0.4, -0.2) is 10.1 Å². The lowest BCUT2D eigenvalue weighted by Crippen LogP contribution is -2.03. The smallest absolute Gasteiger partial charge is 0.0854 e. The van der Waals surface area contributed by atoms with Gasteiger partial charge < -0.3 is 10.8 Å². The molecule has 0 unspecified atom stereocenters. The zero-order valence-corrected chi connectivity index (χ0v) is 10.6. The van der Waals surface area contributed by atoms with Crippen molar-refractivity contribution < 1.29 is 5.11 Å². The van der Waals surface area contributed by atoms with E-state index in [4.69, 9.17) is 5.73 Å². The highest BCUT2D eigenvalue weighted by atomic mass is 16.3. The summed E-state index contributed by atoms with van der Waals surface area (Å²) in [5.41, 5.74) is 11.8. The van der Waals surface area contributed by atoms with Gasteiger partial charge in [-0.25, -0.2) is 0 Å². The van der Waals surface area contributed by atoms with Gasteiger partial charge in [0.15, 0.2) is 0 Å². The highest BCUT2D eigenvalue weighted by molar-refractivity contribution is 5.83. The number of aromatic nitrogens is 1. The van der Waals surface area contributed by atoms with Gasteiger partial charge in [0.1, 0.15) is 0 Å². The Labute approximate surface area is 112 Å². The maximum absolute atomic E-state index is 9.21. The van der Waals surface area contributed by atoms with Crippen LogP contribution in [0.15, 0.2) is 36.4 Å². The molecule has 1 aromatic heterocycles. The molecular formula is C16H16N2O. The Hall–Kier alpha value is -2.13. The minimum atomic E-state index is -0.0814. The molecule has 0 fully saturated rings. The fourth-order valence-electron chi connectivity index (χ4n) is 2.49. The molecule has 1 aliphatic rings. The Balaban J connectivity index is 2.04. The molecule has 1 aliphatic carbocycles. The van der Waals surface area contributed by atoms with Gasteiger partial charge in [0.05, 0.1) is 18.0 Å². The SMILES string of the molecule is Nc1cc(CO)nc(C2=Cc3ccccc3CC2)c1.